The molecule has 0 bridgehead atoms. The first kappa shape index (κ1) is 18.9. The number of nitrogens with zero attached hydrogens (tertiary/aromatic N) is 4. The summed E-state index contributed by atoms with van der Waals surface area (Å²) in [5.41, 5.74) is 8.59. The third kappa shape index (κ3) is 3.42. The first-order valence-electron chi connectivity index (χ1n) is 10.9. The fraction of sp³-hybridized carbons (Fsp3) is 0.500. The SMILES string of the molecule is CC1(c2nc3c(c(-c4cccc(Cl)c4)c2C2=NN=NC2)CCCCC3)CCCC1. The van der Waals surface area contributed by atoms with Gasteiger partial charge < -0.3 is 0 Å². The molecule has 2 aromatic rings. The minimum atomic E-state index is 0.0924. The van der Waals surface area contributed by atoms with Crippen molar-refractivity contribution in [3.05, 3.63) is 51.8 Å². The molecule has 29 heavy (non-hydrogen) atoms. The molecule has 4 nitrogen and oxygen atoms in total. The fourth-order valence-corrected chi connectivity index (χ4v) is 5.53. The maximum atomic E-state index is 6.43. The van der Waals surface area contributed by atoms with E-state index in [9.17, 15) is 0 Å². The molecule has 0 saturated heterocycles. The predicted octanol–water partition coefficient (Wildman–Crippen LogP) is 6.67. The standard InChI is InChI=1S/C24H27ClN4/c1-24(12-5-6-13-24)23-22(20-15-26-29-28-20)21(16-8-7-9-17(25)14-16)18-10-3-2-4-11-19(18)27-23/h7-9,14H,2-6,10-13,15H2,1H3. The van der Waals surface area contributed by atoms with Crippen LogP contribution >= 0.6 is 11.6 Å². The van der Waals surface area contributed by atoms with E-state index in [0.717, 1.165) is 23.6 Å². The van der Waals surface area contributed by atoms with Gasteiger partial charge in [-0.25, -0.2) is 0 Å². The van der Waals surface area contributed by atoms with E-state index < -0.39 is 0 Å². The predicted molar refractivity (Wildman–Crippen MR) is 118 cm³/mol. The molecule has 0 unspecified atom stereocenters. The Hall–Kier alpha value is -2.07. The number of halogens is 1. The molecule has 5 rings (SSSR count). The fourth-order valence-electron chi connectivity index (χ4n) is 5.34. The maximum absolute atomic E-state index is 6.43. The van der Waals surface area contributed by atoms with Crippen LogP contribution in [0.4, 0.5) is 0 Å². The molecule has 0 N–H and O–H groups in total. The molecule has 0 radical (unpaired) electrons. The Morgan fingerprint density at radius 2 is 1.79 bits per heavy atom. The summed E-state index contributed by atoms with van der Waals surface area (Å²) in [7, 11) is 0. The number of aryl methyl sites for hydroxylation is 1. The summed E-state index contributed by atoms with van der Waals surface area (Å²) in [6.07, 6.45) is 10.7. The van der Waals surface area contributed by atoms with Crippen LogP contribution < -0.4 is 0 Å². The van der Waals surface area contributed by atoms with Crippen LogP contribution in [-0.2, 0) is 18.3 Å². The molecule has 1 saturated carbocycles. The third-order valence-corrected chi connectivity index (χ3v) is 7.09. The number of hydrogen-bond acceptors (Lipinski definition) is 4. The Balaban J connectivity index is 1.84. The highest BCUT2D eigenvalue weighted by molar-refractivity contribution is 6.31. The zero-order valence-electron chi connectivity index (χ0n) is 17.0. The lowest BCUT2D eigenvalue weighted by Crippen LogP contribution is -2.26. The Morgan fingerprint density at radius 3 is 2.55 bits per heavy atom. The van der Waals surface area contributed by atoms with Crippen molar-refractivity contribution in [1.29, 1.82) is 0 Å². The Kier molecular flexibility index (Phi) is 4.99. The van der Waals surface area contributed by atoms with Crippen LogP contribution in [0, 0.1) is 0 Å². The highest BCUT2D eigenvalue weighted by Crippen LogP contribution is 2.46. The molecular weight excluding hydrogens is 380 g/mol. The molecule has 0 spiro atoms. The summed E-state index contributed by atoms with van der Waals surface area (Å²) in [6.45, 7) is 2.93. The molecule has 1 aromatic heterocycles. The summed E-state index contributed by atoms with van der Waals surface area (Å²) < 4.78 is 0. The molecule has 1 aromatic carbocycles. The molecular formula is C24H27ClN4. The van der Waals surface area contributed by atoms with Crippen LogP contribution in [0.3, 0.4) is 0 Å². The Labute approximate surface area is 177 Å². The van der Waals surface area contributed by atoms with E-state index in [1.165, 1.54) is 78.6 Å². The summed E-state index contributed by atoms with van der Waals surface area (Å²) in [6, 6.07) is 8.27. The van der Waals surface area contributed by atoms with Crippen molar-refractivity contribution in [1.82, 2.24) is 4.98 Å². The van der Waals surface area contributed by atoms with Gasteiger partial charge in [0.25, 0.3) is 0 Å². The molecule has 1 aliphatic heterocycles. The van der Waals surface area contributed by atoms with E-state index in [2.05, 4.69) is 34.5 Å². The molecule has 2 heterocycles. The molecule has 5 heteroatoms. The van der Waals surface area contributed by atoms with Crippen molar-refractivity contribution in [2.75, 3.05) is 6.54 Å². The van der Waals surface area contributed by atoms with Gasteiger partial charge in [-0.3, -0.25) is 4.98 Å². The first-order chi connectivity index (χ1) is 14.2. The third-order valence-electron chi connectivity index (χ3n) is 6.85. The van der Waals surface area contributed by atoms with Crippen molar-refractivity contribution in [3.8, 4) is 11.1 Å². The van der Waals surface area contributed by atoms with Crippen molar-refractivity contribution < 1.29 is 0 Å². The molecule has 0 atom stereocenters. The van der Waals surface area contributed by atoms with Crippen molar-refractivity contribution in [2.45, 2.75) is 70.1 Å². The normalized spacial score (nSPS) is 20.4. The lowest BCUT2D eigenvalue weighted by Gasteiger charge is -2.30. The Morgan fingerprint density at radius 1 is 0.966 bits per heavy atom. The van der Waals surface area contributed by atoms with Crippen molar-refractivity contribution in [3.63, 3.8) is 0 Å². The van der Waals surface area contributed by atoms with Gasteiger partial charge in [0, 0.05) is 21.7 Å². The summed E-state index contributed by atoms with van der Waals surface area (Å²) in [5, 5.41) is 13.4. The van der Waals surface area contributed by atoms with Crippen LogP contribution in [0.25, 0.3) is 11.1 Å². The lowest BCUT2D eigenvalue weighted by molar-refractivity contribution is 0.473. The number of benzene rings is 1. The molecule has 3 aliphatic rings. The average Bonchev–Trinajstić information content (AvgIpc) is 3.35. The molecule has 2 aliphatic carbocycles. The Bertz CT molecular complexity index is 1000. The van der Waals surface area contributed by atoms with Gasteiger partial charge in [0.05, 0.1) is 11.4 Å². The number of hydrogen-bond donors (Lipinski definition) is 0. The van der Waals surface area contributed by atoms with Gasteiger partial charge in [-0.05, 0) is 72.6 Å². The number of rotatable bonds is 3. The monoisotopic (exact) mass is 406 g/mol. The number of aromatic nitrogens is 1. The highest BCUT2D eigenvalue weighted by atomic mass is 35.5. The van der Waals surface area contributed by atoms with E-state index >= 15 is 0 Å². The van der Waals surface area contributed by atoms with E-state index in [4.69, 9.17) is 16.6 Å². The van der Waals surface area contributed by atoms with Gasteiger partial charge in [-0.1, -0.05) is 49.9 Å². The minimum absolute atomic E-state index is 0.0924. The van der Waals surface area contributed by atoms with Crippen LogP contribution in [0.2, 0.25) is 5.02 Å². The second-order valence-electron chi connectivity index (χ2n) is 8.91. The summed E-state index contributed by atoms with van der Waals surface area (Å²) in [5.74, 6) is 0. The summed E-state index contributed by atoms with van der Waals surface area (Å²) in [4.78, 5) is 5.38. The van der Waals surface area contributed by atoms with Crippen LogP contribution in [0.1, 0.15) is 74.4 Å². The first-order valence-corrected chi connectivity index (χ1v) is 11.3. The van der Waals surface area contributed by atoms with Crippen molar-refractivity contribution in [2.24, 2.45) is 15.4 Å². The molecule has 1 fully saturated rings. The maximum Gasteiger partial charge on any atom is 0.107 e. The highest BCUT2D eigenvalue weighted by Gasteiger charge is 2.38. The van der Waals surface area contributed by atoms with E-state index in [0.29, 0.717) is 6.54 Å². The zero-order valence-corrected chi connectivity index (χ0v) is 17.8. The average molecular weight is 407 g/mol. The van der Waals surface area contributed by atoms with Gasteiger partial charge in [-0.2, -0.15) is 5.11 Å². The lowest BCUT2D eigenvalue weighted by atomic mass is 9.77. The van der Waals surface area contributed by atoms with Crippen LogP contribution in [-0.4, -0.2) is 17.2 Å². The topological polar surface area (TPSA) is 50.0 Å². The second kappa shape index (κ2) is 7.64. The van der Waals surface area contributed by atoms with Gasteiger partial charge in [0.15, 0.2) is 0 Å². The van der Waals surface area contributed by atoms with E-state index in [1.807, 2.05) is 12.1 Å². The van der Waals surface area contributed by atoms with Crippen LogP contribution in [0.5, 0.6) is 0 Å². The summed E-state index contributed by atoms with van der Waals surface area (Å²) >= 11 is 6.43. The largest absolute Gasteiger partial charge is 0.256 e. The quantitative estimate of drug-likeness (QED) is 0.525. The van der Waals surface area contributed by atoms with Crippen molar-refractivity contribution >= 4 is 17.3 Å². The van der Waals surface area contributed by atoms with Gasteiger partial charge in [0.2, 0.25) is 0 Å². The van der Waals surface area contributed by atoms with Gasteiger partial charge >= 0.3 is 0 Å². The molecule has 150 valence electrons. The van der Waals surface area contributed by atoms with Gasteiger partial charge in [-0.15, -0.1) is 5.10 Å². The second-order valence-corrected chi connectivity index (χ2v) is 9.35. The minimum Gasteiger partial charge on any atom is -0.256 e. The number of fused-ring (bicyclic) bond motifs is 1. The zero-order chi connectivity index (χ0) is 19.8. The van der Waals surface area contributed by atoms with Gasteiger partial charge in [0.1, 0.15) is 6.54 Å². The molecule has 0 amide bonds. The van der Waals surface area contributed by atoms with E-state index in [-0.39, 0.29) is 5.41 Å². The smallest absolute Gasteiger partial charge is 0.107 e. The van der Waals surface area contributed by atoms with E-state index in [1.54, 1.807) is 0 Å². The van der Waals surface area contributed by atoms with Crippen LogP contribution in [0.15, 0.2) is 39.7 Å². The number of pyridine rings is 1.